The van der Waals surface area contributed by atoms with E-state index in [1.165, 1.54) is 6.42 Å². The van der Waals surface area contributed by atoms with E-state index in [9.17, 15) is 4.79 Å². The topological polar surface area (TPSA) is 58.6 Å². The highest BCUT2D eigenvalue weighted by Crippen LogP contribution is 2.40. The van der Waals surface area contributed by atoms with Crippen molar-refractivity contribution in [1.82, 2.24) is 5.32 Å². The molecule has 0 aliphatic heterocycles. The summed E-state index contributed by atoms with van der Waals surface area (Å²) in [4.78, 5) is 13.0. The third-order valence-corrected chi connectivity index (χ3v) is 4.96. The summed E-state index contributed by atoms with van der Waals surface area (Å²) in [6, 6.07) is 8.03. The fourth-order valence-electron chi connectivity index (χ4n) is 3.54. The maximum atomic E-state index is 13.0. The smallest absolute Gasteiger partial charge is 0.230 e. The number of benzene rings is 1. The van der Waals surface area contributed by atoms with E-state index >= 15 is 0 Å². The zero-order chi connectivity index (χ0) is 16.7. The van der Waals surface area contributed by atoms with Crippen LogP contribution in [0.3, 0.4) is 0 Å². The average molecular weight is 319 g/mol. The predicted octanol–water partition coefficient (Wildman–Crippen LogP) is 3.17. The summed E-state index contributed by atoms with van der Waals surface area (Å²) in [6.45, 7) is 2.18. The fourth-order valence-corrected chi connectivity index (χ4v) is 3.54. The summed E-state index contributed by atoms with van der Waals surface area (Å²) in [5.41, 5.74) is 0.669. The molecular weight excluding hydrogens is 290 g/mol. The molecule has 1 amide bonds. The SMILES string of the molecule is COc1ccc(C2(C(=O)NC(C)CCCO)CCCCC2)cc1. The molecule has 1 unspecified atom stereocenters. The van der Waals surface area contributed by atoms with Gasteiger partial charge in [-0.2, -0.15) is 0 Å². The van der Waals surface area contributed by atoms with E-state index in [1.807, 2.05) is 31.2 Å². The third kappa shape index (κ3) is 4.25. The summed E-state index contributed by atoms with van der Waals surface area (Å²) in [5, 5.41) is 12.1. The Balaban J connectivity index is 2.18. The minimum atomic E-state index is -0.419. The molecule has 0 bridgehead atoms. The number of methoxy groups -OCH3 is 1. The van der Waals surface area contributed by atoms with Crippen LogP contribution >= 0.6 is 0 Å². The molecule has 0 radical (unpaired) electrons. The van der Waals surface area contributed by atoms with Crippen LogP contribution in [0, 0.1) is 0 Å². The van der Waals surface area contributed by atoms with Crippen LogP contribution < -0.4 is 10.1 Å². The summed E-state index contributed by atoms with van der Waals surface area (Å²) in [6.07, 6.45) is 6.70. The number of ether oxygens (including phenoxy) is 1. The number of carbonyl (C=O) groups excluding carboxylic acids is 1. The molecule has 1 fully saturated rings. The lowest BCUT2D eigenvalue weighted by Crippen LogP contribution is -2.48. The van der Waals surface area contributed by atoms with Crippen LogP contribution in [-0.2, 0) is 10.2 Å². The molecule has 1 aliphatic rings. The van der Waals surface area contributed by atoms with Crippen molar-refractivity contribution in [2.75, 3.05) is 13.7 Å². The number of carbonyl (C=O) groups is 1. The lowest BCUT2D eigenvalue weighted by Gasteiger charge is -2.37. The predicted molar refractivity (Wildman–Crippen MR) is 91.7 cm³/mol. The van der Waals surface area contributed by atoms with E-state index in [1.54, 1.807) is 7.11 Å². The van der Waals surface area contributed by atoms with E-state index in [0.717, 1.165) is 49.8 Å². The van der Waals surface area contributed by atoms with Gasteiger partial charge in [-0.3, -0.25) is 4.79 Å². The van der Waals surface area contributed by atoms with Crippen molar-refractivity contribution in [1.29, 1.82) is 0 Å². The maximum absolute atomic E-state index is 13.0. The Hall–Kier alpha value is -1.55. The number of hydrogen-bond donors (Lipinski definition) is 2. The Morgan fingerprint density at radius 3 is 2.48 bits per heavy atom. The summed E-state index contributed by atoms with van der Waals surface area (Å²) >= 11 is 0. The Kier molecular flexibility index (Phi) is 6.46. The molecule has 4 nitrogen and oxygen atoms in total. The Morgan fingerprint density at radius 2 is 1.91 bits per heavy atom. The maximum Gasteiger partial charge on any atom is 0.230 e. The highest BCUT2D eigenvalue weighted by molar-refractivity contribution is 5.88. The third-order valence-electron chi connectivity index (χ3n) is 4.96. The van der Waals surface area contributed by atoms with Gasteiger partial charge in [-0.1, -0.05) is 31.4 Å². The lowest BCUT2D eigenvalue weighted by atomic mass is 9.68. The zero-order valence-electron chi connectivity index (χ0n) is 14.3. The van der Waals surface area contributed by atoms with E-state index in [4.69, 9.17) is 9.84 Å². The first kappa shape index (κ1) is 17.8. The second-order valence-electron chi connectivity index (χ2n) is 6.61. The van der Waals surface area contributed by atoms with E-state index < -0.39 is 5.41 Å². The first-order valence-corrected chi connectivity index (χ1v) is 8.69. The molecule has 4 heteroatoms. The minimum absolute atomic E-state index is 0.0895. The molecule has 2 N–H and O–H groups in total. The van der Waals surface area contributed by atoms with Gasteiger partial charge < -0.3 is 15.2 Å². The average Bonchev–Trinajstić information content (AvgIpc) is 2.60. The molecule has 0 saturated heterocycles. The Morgan fingerprint density at radius 1 is 1.26 bits per heavy atom. The number of aliphatic hydroxyl groups is 1. The summed E-state index contributed by atoms with van der Waals surface area (Å²) < 4.78 is 5.23. The highest BCUT2D eigenvalue weighted by Gasteiger charge is 2.41. The van der Waals surface area contributed by atoms with Gasteiger partial charge in [0.15, 0.2) is 0 Å². The molecule has 23 heavy (non-hydrogen) atoms. The highest BCUT2D eigenvalue weighted by atomic mass is 16.5. The van der Waals surface area contributed by atoms with Crippen LogP contribution in [0.1, 0.15) is 57.4 Å². The van der Waals surface area contributed by atoms with Crippen LogP contribution in [0.25, 0.3) is 0 Å². The quantitative estimate of drug-likeness (QED) is 0.811. The summed E-state index contributed by atoms with van der Waals surface area (Å²) in [7, 11) is 1.65. The van der Waals surface area contributed by atoms with E-state index in [-0.39, 0.29) is 18.6 Å². The zero-order valence-corrected chi connectivity index (χ0v) is 14.3. The van der Waals surface area contributed by atoms with Crippen molar-refractivity contribution in [2.24, 2.45) is 0 Å². The molecule has 1 aromatic carbocycles. The van der Waals surface area contributed by atoms with Crippen LogP contribution in [0.4, 0.5) is 0 Å². The first-order valence-electron chi connectivity index (χ1n) is 8.69. The molecule has 0 aromatic heterocycles. The van der Waals surface area contributed by atoms with Crippen LogP contribution in [0.15, 0.2) is 24.3 Å². The van der Waals surface area contributed by atoms with Gasteiger partial charge >= 0.3 is 0 Å². The van der Waals surface area contributed by atoms with E-state index in [2.05, 4.69) is 5.32 Å². The van der Waals surface area contributed by atoms with Gasteiger partial charge in [0.25, 0.3) is 0 Å². The molecule has 1 saturated carbocycles. The molecular formula is C19H29NO3. The summed E-state index contributed by atoms with van der Waals surface area (Å²) in [5.74, 6) is 0.948. The van der Waals surface area contributed by atoms with Gasteiger partial charge in [0.05, 0.1) is 12.5 Å². The second-order valence-corrected chi connectivity index (χ2v) is 6.61. The molecule has 1 aromatic rings. The van der Waals surface area contributed by atoms with Crippen LogP contribution in [-0.4, -0.2) is 30.8 Å². The van der Waals surface area contributed by atoms with E-state index in [0.29, 0.717) is 0 Å². The first-order chi connectivity index (χ1) is 11.1. The van der Waals surface area contributed by atoms with Crippen molar-refractivity contribution in [3.05, 3.63) is 29.8 Å². The van der Waals surface area contributed by atoms with Crippen molar-refractivity contribution in [2.45, 2.75) is 63.3 Å². The standard InChI is InChI=1S/C19H29NO3/c1-15(7-6-14-21)20-18(22)19(12-4-3-5-13-19)16-8-10-17(23-2)11-9-16/h8-11,15,21H,3-7,12-14H2,1-2H3,(H,20,22). The van der Waals surface area contributed by atoms with Gasteiger partial charge in [-0.25, -0.2) is 0 Å². The fraction of sp³-hybridized carbons (Fsp3) is 0.632. The molecule has 1 atom stereocenters. The van der Waals surface area contributed by atoms with Crippen LogP contribution in [0.5, 0.6) is 5.75 Å². The number of amides is 1. The van der Waals surface area contributed by atoms with Gasteiger partial charge in [0, 0.05) is 12.6 Å². The van der Waals surface area contributed by atoms with Crippen molar-refractivity contribution >= 4 is 5.91 Å². The molecule has 0 heterocycles. The monoisotopic (exact) mass is 319 g/mol. The van der Waals surface area contributed by atoms with Gasteiger partial charge in [0.2, 0.25) is 5.91 Å². The van der Waals surface area contributed by atoms with Gasteiger partial charge in [-0.05, 0) is 50.3 Å². The number of hydrogen-bond acceptors (Lipinski definition) is 3. The van der Waals surface area contributed by atoms with Crippen molar-refractivity contribution < 1.29 is 14.6 Å². The molecule has 2 rings (SSSR count). The molecule has 1 aliphatic carbocycles. The molecule has 128 valence electrons. The van der Waals surface area contributed by atoms with Gasteiger partial charge in [0.1, 0.15) is 5.75 Å². The number of aliphatic hydroxyl groups excluding tert-OH is 1. The van der Waals surface area contributed by atoms with Gasteiger partial charge in [-0.15, -0.1) is 0 Å². The number of rotatable bonds is 7. The minimum Gasteiger partial charge on any atom is -0.497 e. The van der Waals surface area contributed by atoms with Crippen molar-refractivity contribution in [3.8, 4) is 5.75 Å². The lowest BCUT2D eigenvalue weighted by molar-refractivity contribution is -0.128. The van der Waals surface area contributed by atoms with Crippen molar-refractivity contribution in [3.63, 3.8) is 0 Å². The normalized spacial score (nSPS) is 18.2. The number of nitrogens with one attached hydrogen (secondary N) is 1. The largest absolute Gasteiger partial charge is 0.497 e. The second kappa shape index (κ2) is 8.34. The van der Waals surface area contributed by atoms with Crippen LogP contribution in [0.2, 0.25) is 0 Å². The Labute approximate surface area is 139 Å². The Bertz CT molecular complexity index is 492. The molecule has 0 spiro atoms.